The third-order valence-electron chi connectivity index (χ3n) is 4.05. The second kappa shape index (κ2) is 7.16. The van der Waals surface area contributed by atoms with Crippen LogP contribution in [0.2, 0.25) is 0 Å². The van der Waals surface area contributed by atoms with Gasteiger partial charge in [0.2, 0.25) is 0 Å². The Bertz CT molecular complexity index is 524. The molecule has 0 saturated heterocycles. The van der Waals surface area contributed by atoms with E-state index >= 15 is 0 Å². The molecule has 0 aromatic heterocycles. The molecule has 0 amide bonds. The number of rotatable bonds is 7. The van der Waals surface area contributed by atoms with Crippen molar-refractivity contribution in [3.05, 3.63) is 0 Å². The Balaban J connectivity index is 5.15. The summed E-state index contributed by atoms with van der Waals surface area (Å²) in [7, 11) is -7.04. The third-order valence-corrected chi connectivity index (χ3v) is 8.13. The van der Waals surface area contributed by atoms with E-state index in [-0.39, 0.29) is 10.8 Å². The normalized spacial score (nSPS) is 19.7. The van der Waals surface area contributed by atoms with Gasteiger partial charge in [0.15, 0.2) is 0 Å². The summed E-state index contributed by atoms with van der Waals surface area (Å²) in [4.78, 5) is 0. The van der Waals surface area contributed by atoms with Gasteiger partial charge in [-0.3, -0.25) is 9.13 Å². The van der Waals surface area contributed by atoms with Gasteiger partial charge in [-0.25, -0.2) is 4.31 Å². The molecule has 0 bridgehead atoms. The maximum Gasteiger partial charge on any atom is 0.335 e. The summed E-state index contributed by atoms with van der Waals surface area (Å²) in [6.45, 7) is 22.6. The van der Waals surface area contributed by atoms with Crippen molar-refractivity contribution in [1.82, 2.24) is 0 Å². The van der Waals surface area contributed by atoms with E-state index < -0.39 is 26.4 Å². The molecule has 0 radical (unpaired) electrons. The molecule has 0 fully saturated rings. The van der Waals surface area contributed by atoms with Crippen LogP contribution in [0.4, 0.5) is 0 Å². The third kappa shape index (κ3) is 9.15. The molecule has 0 aliphatic heterocycles. The van der Waals surface area contributed by atoms with Crippen LogP contribution in [-0.4, -0.2) is 24.5 Å². The van der Waals surface area contributed by atoms with Crippen LogP contribution in [0.5, 0.6) is 0 Å². The molecular weight excluding hydrogens is 346 g/mol. The van der Waals surface area contributed by atoms with Crippen molar-refractivity contribution in [3.8, 4) is 0 Å². The first-order valence-corrected chi connectivity index (χ1v) is 12.3. The van der Waals surface area contributed by atoms with Gasteiger partial charge in [-0.15, -0.1) is 0 Å². The van der Waals surface area contributed by atoms with E-state index in [9.17, 15) is 9.13 Å². The van der Waals surface area contributed by atoms with Crippen LogP contribution < -0.4 is 0 Å². The summed E-state index contributed by atoms with van der Waals surface area (Å²) in [6, 6.07) is 0. The Morgan fingerprint density at radius 3 is 1.42 bits per heavy atom. The van der Waals surface area contributed by atoms with Crippen LogP contribution in [-0.2, 0) is 22.5 Å². The van der Waals surface area contributed by atoms with Crippen LogP contribution in [0.3, 0.4) is 0 Å². The van der Waals surface area contributed by atoms with Gasteiger partial charge in [0, 0.05) is 13.3 Å². The second-order valence-electron chi connectivity index (χ2n) is 9.99. The van der Waals surface area contributed by atoms with Gasteiger partial charge in [0.05, 0.1) is 11.2 Å². The molecule has 7 heteroatoms. The lowest BCUT2D eigenvalue weighted by Crippen LogP contribution is -2.38. The fourth-order valence-electron chi connectivity index (χ4n) is 2.61. The van der Waals surface area contributed by atoms with Crippen LogP contribution in [0.1, 0.15) is 75.7 Å². The van der Waals surface area contributed by atoms with Gasteiger partial charge in [-0.05, 0) is 51.9 Å². The largest absolute Gasteiger partial charge is 0.335 e. The van der Waals surface area contributed by atoms with Crippen molar-refractivity contribution in [2.24, 2.45) is 10.8 Å². The lowest BCUT2D eigenvalue weighted by Gasteiger charge is -2.44. The average molecular weight is 384 g/mol. The maximum absolute atomic E-state index is 12.8. The first-order chi connectivity index (χ1) is 10.1. The lowest BCUT2D eigenvalue weighted by atomic mass is 9.65. The van der Waals surface area contributed by atoms with E-state index in [0.717, 1.165) is 0 Å². The second-order valence-corrected chi connectivity index (χ2v) is 14.1. The predicted octanol–water partition coefficient (Wildman–Crippen LogP) is 6.72. The average Bonchev–Trinajstić information content (AvgIpc) is 2.02. The van der Waals surface area contributed by atoms with Crippen molar-refractivity contribution < 1.29 is 22.5 Å². The minimum atomic E-state index is -3.55. The molecule has 0 saturated carbocycles. The van der Waals surface area contributed by atoms with Gasteiger partial charge in [0.1, 0.15) is 0 Å². The zero-order valence-electron chi connectivity index (χ0n) is 17.6. The molecular formula is C17H38O5P2. The first kappa shape index (κ1) is 24.3. The van der Waals surface area contributed by atoms with Gasteiger partial charge in [0.25, 0.3) is 0 Å². The smallest absolute Gasteiger partial charge is 0.303 e. The molecule has 2 atom stereocenters. The molecule has 0 aromatic carbocycles. The Kier molecular flexibility index (Phi) is 7.26. The van der Waals surface area contributed by atoms with Crippen LogP contribution >= 0.6 is 15.2 Å². The highest BCUT2D eigenvalue weighted by molar-refractivity contribution is 7.66. The molecule has 2 unspecified atom stereocenters. The van der Waals surface area contributed by atoms with Crippen molar-refractivity contribution in [2.75, 3.05) is 13.3 Å². The summed E-state index contributed by atoms with van der Waals surface area (Å²) < 4.78 is 41.8. The Morgan fingerprint density at radius 2 is 1.08 bits per heavy atom. The quantitative estimate of drug-likeness (QED) is 0.456. The monoisotopic (exact) mass is 384 g/mol. The molecule has 0 aliphatic carbocycles. The standard InChI is InChI=1S/C17H38O5P2/c1-14(2,3)16(7,8)13-17(9,10)21-24(12,19)22-23(11,18)20-15(4,5)6/h13H2,1-12H3. The van der Waals surface area contributed by atoms with E-state index in [4.69, 9.17) is 13.4 Å². The topological polar surface area (TPSA) is 61.8 Å². The summed E-state index contributed by atoms with van der Waals surface area (Å²) >= 11 is 0. The Labute approximate surface area is 149 Å². The SMILES string of the molecule is CC(C)(C)OP(C)(=O)OP(C)(=O)OC(C)(C)CC(C)(C)C(C)(C)C. The minimum Gasteiger partial charge on any atom is -0.303 e. The lowest BCUT2D eigenvalue weighted by molar-refractivity contribution is 0.00237. The number of hydrogen-bond acceptors (Lipinski definition) is 5. The van der Waals surface area contributed by atoms with Crippen LogP contribution in [0.25, 0.3) is 0 Å². The molecule has 0 rings (SSSR count). The van der Waals surface area contributed by atoms with Crippen molar-refractivity contribution in [2.45, 2.75) is 86.9 Å². The van der Waals surface area contributed by atoms with E-state index in [1.807, 2.05) is 13.8 Å². The zero-order chi connectivity index (χ0) is 19.8. The molecule has 5 nitrogen and oxygen atoms in total. The molecule has 0 heterocycles. The van der Waals surface area contributed by atoms with E-state index in [1.165, 1.54) is 13.3 Å². The maximum atomic E-state index is 12.8. The van der Waals surface area contributed by atoms with Gasteiger partial charge >= 0.3 is 15.2 Å². The predicted molar refractivity (Wildman–Crippen MR) is 102 cm³/mol. The van der Waals surface area contributed by atoms with Crippen molar-refractivity contribution in [1.29, 1.82) is 0 Å². The summed E-state index contributed by atoms with van der Waals surface area (Å²) in [5, 5.41) is 0. The van der Waals surface area contributed by atoms with Crippen LogP contribution in [0, 0.1) is 10.8 Å². The van der Waals surface area contributed by atoms with E-state index in [2.05, 4.69) is 34.6 Å². The van der Waals surface area contributed by atoms with Crippen molar-refractivity contribution >= 4 is 15.2 Å². The Morgan fingerprint density at radius 1 is 0.708 bits per heavy atom. The summed E-state index contributed by atoms with van der Waals surface area (Å²) in [5.74, 6) is 0. The highest BCUT2D eigenvalue weighted by atomic mass is 31.3. The minimum absolute atomic E-state index is 0.0473. The van der Waals surface area contributed by atoms with Crippen LogP contribution in [0.15, 0.2) is 0 Å². The summed E-state index contributed by atoms with van der Waals surface area (Å²) in [5.41, 5.74) is -1.34. The van der Waals surface area contributed by atoms with Gasteiger partial charge in [-0.2, -0.15) is 0 Å². The fourth-order valence-corrected chi connectivity index (χ4v) is 6.99. The van der Waals surface area contributed by atoms with Crippen molar-refractivity contribution in [3.63, 3.8) is 0 Å². The summed E-state index contributed by atoms with van der Waals surface area (Å²) in [6.07, 6.45) is 0.679. The molecule has 0 spiro atoms. The highest BCUT2D eigenvalue weighted by Crippen LogP contribution is 2.64. The van der Waals surface area contributed by atoms with Gasteiger partial charge < -0.3 is 9.05 Å². The molecule has 0 aromatic rings. The molecule has 146 valence electrons. The first-order valence-electron chi connectivity index (χ1n) is 8.36. The van der Waals surface area contributed by atoms with E-state index in [0.29, 0.717) is 6.42 Å². The molecule has 24 heavy (non-hydrogen) atoms. The molecule has 0 aliphatic rings. The van der Waals surface area contributed by atoms with E-state index in [1.54, 1.807) is 20.8 Å². The fraction of sp³-hybridized carbons (Fsp3) is 1.00. The highest BCUT2D eigenvalue weighted by Gasteiger charge is 2.42. The number of hydrogen-bond donors (Lipinski definition) is 0. The molecule has 0 N–H and O–H groups in total. The Hall–Kier alpha value is 0.340. The zero-order valence-corrected chi connectivity index (χ0v) is 19.4. The van der Waals surface area contributed by atoms with Gasteiger partial charge in [-0.1, -0.05) is 34.6 Å².